The van der Waals surface area contributed by atoms with Crippen LogP contribution in [0.5, 0.6) is 0 Å². The van der Waals surface area contributed by atoms with Crippen LogP contribution in [0.4, 0.5) is 5.69 Å². The van der Waals surface area contributed by atoms with Crippen LogP contribution in [-0.4, -0.2) is 32.4 Å². The third-order valence-electron chi connectivity index (χ3n) is 2.03. The van der Waals surface area contributed by atoms with Crippen LogP contribution < -0.4 is 10.0 Å². The number of nitrogens with one attached hydrogen (secondary N) is 2. The summed E-state index contributed by atoms with van der Waals surface area (Å²) >= 11 is 0. The summed E-state index contributed by atoms with van der Waals surface area (Å²) in [5.74, 6) is -1.91. The Morgan fingerprint density at radius 2 is 1.78 bits per heavy atom. The molecule has 1 aromatic carbocycles. The fourth-order valence-corrected chi connectivity index (χ4v) is 1.91. The van der Waals surface area contributed by atoms with Gasteiger partial charge in [0.25, 0.3) is 0 Å². The van der Waals surface area contributed by atoms with Gasteiger partial charge in [-0.15, -0.1) is 0 Å². The first-order valence-corrected chi connectivity index (χ1v) is 6.39. The number of amides is 1. The van der Waals surface area contributed by atoms with Crippen LogP contribution in [0.3, 0.4) is 0 Å². The quantitative estimate of drug-likeness (QED) is 0.653. The topological polar surface area (TPSA) is 113 Å². The number of sulfonamides is 1. The van der Waals surface area contributed by atoms with Crippen LogP contribution in [-0.2, 0) is 19.6 Å². The highest BCUT2D eigenvalue weighted by molar-refractivity contribution is 7.89. The number of hydrogen-bond acceptors (Lipinski definition) is 4. The van der Waals surface area contributed by atoms with Crippen molar-refractivity contribution in [3.8, 4) is 0 Å². The molecule has 0 aliphatic carbocycles. The van der Waals surface area contributed by atoms with Crippen molar-refractivity contribution in [2.24, 2.45) is 0 Å². The fraction of sp³-hybridized carbons (Fsp3) is 0.200. The van der Waals surface area contributed by atoms with Crippen molar-refractivity contribution in [3.63, 3.8) is 0 Å². The van der Waals surface area contributed by atoms with E-state index in [1.165, 1.54) is 31.3 Å². The molecule has 0 unspecified atom stereocenters. The Morgan fingerprint density at radius 3 is 2.22 bits per heavy atom. The van der Waals surface area contributed by atoms with Crippen molar-refractivity contribution in [3.05, 3.63) is 24.3 Å². The second-order valence-electron chi connectivity index (χ2n) is 3.35. The monoisotopic (exact) mass is 272 g/mol. The van der Waals surface area contributed by atoms with E-state index < -0.39 is 28.3 Å². The van der Waals surface area contributed by atoms with E-state index >= 15 is 0 Å². The van der Waals surface area contributed by atoms with Gasteiger partial charge in [0.2, 0.25) is 15.9 Å². The molecule has 0 aromatic heterocycles. The number of carboxylic acid groups (broad SMARTS) is 1. The SMILES string of the molecule is CNS(=O)(=O)c1ccc(NC(=O)CC(=O)O)cc1. The smallest absolute Gasteiger partial charge is 0.312 e. The van der Waals surface area contributed by atoms with E-state index in [9.17, 15) is 18.0 Å². The first-order chi connectivity index (χ1) is 8.35. The maximum atomic E-state index is 11.4. The third kappa shape index (κ3) is 3.82. The van der Waals surface area contributed by atoms with Crippen LogP contribution in [0.25, 0.3) is 0 Å². The van der Waals surface area contributed by atoms with Gasteiger partial charge >= 0.3 is 5.97 Å². The number of benzene rings is 1. The van der Waals surface area contributed by atoms with Crippen molar-refractivity contribution >= 4 is 27.6 Å². The maximum absolute atomic E-state index is 11.4. The van der Waals surface area contributed by atoms with Gasteiger partial charge in [0, 0.05) is 5.69 Å². The lowest BCUT2D eigenvalue weighted by Gasteiger charge is -2.05. The minimum Gasteiger partial charge on any atom is -0.481 e. The van der Waals surface area contributed by atoms with Gasteiger partial charge in [-0.05, 0) is 31.3 Å². The third-order valence-corrected chi connectivity index (χ3v) is 3.46. The Morgan fingerprint density at radius 1 is 1.22 bits per heavy atom. The summed E-state index contributed by atoms with van der Waals surface area (Å²) in [6, 6.07) is 5.37. The van der Waals surface area contributed by atoms with Crippen LogP contribution >= 0.6 is 0 Å². The molecule has 0 saturated carbocycles. The highest BCUT2D eigenvalue weighted by Crippen LogP contribution is 2.13. The zero-order valence-electron chi connectivity index (χ0n) is 9.50. The Hall–Kier alpha value is -1.93. The Balaban J connectivity index is 2.78. The molecular formula is C10H12N2O5S. The first kappa shape index (κ1) is 14.1. The maximum Gasteiger partial charge on any atom is 0.312 e. The summed E-state index contributed by atoms with van der Waals surface area (Å²) in [4.78, 5) is 21.5. The molecule has 1 aromatic rings. The van der Waals surface area contributed by atoms with Gasteiger partial charge in [0.1, 0.15) is 6.42 Å². The highest BCUT2D eigenvalue weighted by Gasteiger charge is 2.11. The van der Waals surface area contributed by atoms with E-state index in [2.05, 4.69) is 10.0 Å². The molecule has 7 nitrogen and oxygen atoms in total. The molecule has 3 N–H and O–H groups in total. The molecule has 98 valence electrons. The molecule has 8 heteroatoms. The zero-order valence-corrected chi connectivity index (χ0v) is 10.3. The number of aliphatic carboxylic acids is 1. The van der Waals surface area contributed by atoms with Crippen molar-refractivity contribution in [1.82, 2.24) is 4.72 Å². The molecule has 0 atom stereocenters. The second-order valence-corrected chi connectivity index (χ2v) is 5.24. The van der Waals surface area contributed by atoms with E-state index in [4.69, 9.17) is 5.11 Å². The normalized spacial score (nSPS) is 10.9. The number of hydrogen-bond donors (Lipinski definition) is 3. The molecule has 1 amide bonds. The van der Waals surface area contributed by atoms with E-state index in [0.29, 0.717) is 5.69 Å². The summed E-state index contributed by atoms with van der Waals surface area (Å²) in [5, 5.41) is 10.7. The highest BCUT2D eigenvalue weighted by atomic mass is 32.2. The van der Waals surface area contributed by atoms with Crippen LogP contribution in [0.2, 0.25) is 0 Å². The summed E-state index contributed by atoms with van der Waals surface area (Å²) in [5.41, 5.74) is 0.330. The van der Waals surface area contributed by atoms with Gasteiger partial charge in [-0.25, -0.2) is 13.1 Å². The van der Waals surface area contributed by atoms with Gasteiger partial charge in [0.05, 0.1) is 4.90 Å². The minimum absolute atomic E-state index is 0.0567. The lowest BCUT2D eigenvalue weighted by Crippen LogP contribution is -2.19. The summed E-state index contributed by atoms with van der Waals surface area (Å²) in [6.45, 7) is 0. The van der Waals surface area contributed by atoms with E-state index in [0.717, 1.165) is 0 Å². The average molecular weight is 272 g/mol. The lowest BCUT2D eigenvalue weighted by atomic mass is 10.3. The first-order valence-electron chi connectivity index (χ1n) is 4.90. The fourth-order valence-electron chi connectivity index (χ4n) is 1.18. The van der Waals surface area contributed by atoms with Gasteiger partial charge < -0.3 is 10.4 Å². The van der Waals surface area contributed by atoms with Crippen LogP contribution in [0.15, 0.2) is 29.2 Å². The van der Waals surface area contributed by atoms with Crippen molar-refractivity contribution in [2.45, 2.75) is 11.3 Å². The molecule has 18 heavy (non-hydrogen) atoms. The summed E-state index contributed by atoms with van der Waals surface area (Å²) < 4.78 is 25.0. The number of carbonyl (C=O) groups is 2. The predicted molar refractivity (Wildman–Crippen MR) is 63.6 cm³/mol. The van der Waals surface area contributed by atoms with Crippen LogP contribution in [0, 0.1) is 0 Å². The summed E-state index contributed by atoms with van der Waals surface area (Å²) in [7, 11) is -2.23. The lowest BCUT2D eigenvalue weighted by molar-refractivity contribution is -0.139. The Kier molecular flexibility index (Phi) is 4.40. The van der Waals surface area contributed by atoms with Gasteiger partial charge in [-0.1, -0.05) is 0 Å². The standard InChI is InChI=1S/C10H12N2O5S/c1-11-18(16,17)8-4-2-7(3-5-8)12-9(13)6-10(14)15/h2-5,11H,6H2,1H3,(H,12,13)(H,14,15). The van der Waals surface area contributed by atoms with Crippen LogP contribution in [0.1, 0.15) is 6.42 Å². The van der Waals surface area contributed by atoms with Gasteiger partial charge in [0.15, 0.2) is 0 Å². The van der Waals surface area contributed by atoms with Crippen molar-refractivity contribution in [2.75, 3.05) is 12.4 Å². The Bertz CT molecular complexity index is 550. The largest absolute Gasteiger partial charge is 0.481 e. The predicted octanol–water partition coefficient (Wildman–Crippen LogP) is 0.00790. The number of rotatable bonds is 5. The van der Waals surface area contributed by atoms with Gasteiger partial charge in [-0.3, -0.25) is 9.59 Å². The molecule has 0 heterocycles. The molecule has 0 aliphatic rings. The number of carboxylic acids is 1. The van der Waals surface area contributed by atoms with Crippen molar-refractivity contribution in [1.29, 1.82) is 0 Å². The van der Waals surface area contributed by atoms with Gasteiger partial charge in [-0.2, -0.15) is 0 Å². The second kappa shape index (κ2) is 5.61. The molecule has 1 rings (SSSR count). The van der Waals surface area contributed by atoms with Crippen molar-refractivity contribution < 1.29 is 23.1 Å². The number of anilines is 1. The molecular weight excluding hydrogens is 260 g/mol. The van der Waals surface area contributed by atoms with E-state index in [-0.39, 0.29) is 4.90 Å². The Labute approximate surface area is 104 Å². The molecule has 0 radical (unpaired) electrons. The molecule has 0 fully saturated rings. The zero-order chi connectivity index (χ0) is 13.8. The minimum atomic E-state index is -3.52. The molecule has 0 aliphatic heterocycles. The molecule has 0 saturated heterocycles. The summed E-state index contributed by atoms with van der Waals surface area (Å²) in [6.07, 6.45) is -0.642. The average Bonchev–Trinajstić information content (AvgIpc) is 2.28. The number of carbonyl (C=O) groups excluding carboxylic acids is 1. The van der Waals surface area contributed by atoms with E-state index in [1.807, 2.05) is 0 Å². The van der Waals surface area contributed by atoms with E-state index in [1.54, 1.807) is 0 Å². The molecule has 0 bridgehead atoms. The molecule has 0 spiro atoms.